The van der Waals surface area contributed by atoms with Gasteiger partial charge >= 0.3 is 0 Å². The van der Waals surface area contributed by atoms with Gasteiger partial charge in [-0.1, -0.05) is 68.4 Å². The van der Waals surface area contributed by atoms with Gasteiger partial charge in [-0.3, -0.25) is 9.59 Å². The fourth-order valence-corrected chi connectivity index (χ4v) is 3.50. The van der Waals surface area contributed by atoms with Crippen molar-refractivity contribution in [3.8, 4) is 0 Å². The van der Waals surface area contributed by atoms with Crippen LogP contribution in [0, 0.1) is 5.92 Å². The van der Waals surface area contributed by atoms with Crippen LogP contribution in [0.1, 0.15) is 29.9 Å². The maximum Gasteiger partial charge on any atom is 0.300 e. The van der Waals surface area contributed by atoms with Crippen LogP contribution in [0.5, 0.6) is 0 Å². The van der Waals surface area contributed by atoms with E-state index in [2.05, 4.69) is 10.1 Å². The number of hydrogen-bond donors (Lipinski definition) is 0. The lowest BCUT2D eigenvalue weighted by molar-refractivity contribution is 0.0991. The van der Waals surface area contributed by atoms with Gasteiger partial charge in [0.05, 0.1) is 5.39 Å². The highest BCUT2D eigenvalue weighted by molar-refractivity contribution is 6.05. The lowest BCUT2D eigenvalue weighted by Gasteiger charge is -2.11. The molecule has 0 spiro atoms. The molecule has 31 heavy (non-hydrogen) atoms. The molecule has 0 radical (unpaired) electrons. The number of benzene rings is 2. The van der Waals surface area contributed by atoms with Crippen molar-refractivity contribution in [3.63, 3.8) is 0 Å². The van der Waals surface area contributed by atoms with Crippen molar-refractivity contribution in [2.24, 2.45) is 10.9 Å². The summed E-state index contributed by atoms with van der Waals surface area (Å²) in [6, 6.07) is 22.6. The van der Waals surface area contributed by atoms with Crippen LogP contribution in [0.15, 0.2) is 88.8 Å². The van der Waals surface area contributed by atoms with Crippen LogP contribution in [0.3, 0.4) is 0 Å². The molecule has 4 rings (SSSR count). The third kappa shape index (κ3) is 4.53. The van der Waals surface area contributed by atoms with E-state index in [1.165, 1.54) is 4.68 Å². The van der Waals surface area contributed by atoms with Crippen LogP contribution in [0.25, 0.3) is 10.8 Å². The van der Waals surface area contributed by atoms with Crippen LogP contribution >= 0.6 is 0 Å². The number of aromatic nitrogens is 3. The summed E-state index contributed by atoms with van der Waals surface area (Å²) in [5, 5.41) is 5.40. The molecule has 0 saturated heterocycles. The second kappa shape index (κ2) is 8.92. The molecule has 0 fully saturated rings. The summed E-state index contributed by atoms with van der Waals surface area (Å²) in [5.74, 6) is -0.255. The Morgan fingerprint density at radius 2 is 1.61 bits per heavy atom. The largest absolute Gasteiger partial charge is 0.328 e. The van der Waals surface area contributed by atoms with Gasteiger partial charge in [-0.25, -0.2) is 4.68 Å². The van der Waals surface area contributed by atoms with Gasteiger partial charge in [0.15, 0.2) is 5.69 Å². The summed E-state index contributed by atoms with van der Waals surface area (Å²) >= 11 is 0. The summed E-state index contributed by atoms with van der Waals surface area (Å²) in [6.07, 6.45) is 1.89. The van der Waals surface area contributed by atoms with Crippen molar-refractivity contribution in [1.82, 2.24) is 14.3 Å². The number of pyridine rings is 1. The number of nitrogens with zero attached hydrogens (tertiary/aromatic N) is 4. The third-order valence-electron chi connectivity index (χ3n) is 4.94. The van der Waals surface area contributed by atoms with Crippen molar-refractivity contribution in [2.45, 2.75) is 26.9 Å². The first kappa shape index (κ1) is 20.5. The molecule has 0 saturated carbocycles. The molecule has 2 aromatic heterocycles. The minimum atomic E-state index is -0.471. The zero-order valence-corrected chi connectivity index (χ0v) is 17.6. The molecule has 156 valence electrons. The van der Waals surface area contributed by atoms with Gasteiger partial charge in [-0.2, -0.15) is 10.1 Å². The number of rotatable bonds is 5. The molecular formula is C25H24N4O2. The average Bonchev–Trinajstić information content (AvgIpc) is 2.77. The highest BCUT2D eigenvalue weighted by Crippen LogP contribution is 2.14. The zero-order chi connectivity index (χ0) is 21.8. The minimum Gasteiger partial charge on any atom is -0.328 e. The lowest BCUT2D eigenvalue weighted by atomic mass is 10.1. The van der Waals surface area contributed by atoms with Gasteiger partial charge in [-0.05, 0) is 29.7 Å². The van der Waals surface area contributed by atoms with Gasteiger partial charge in [0.25, 0.3) is 11.5 Å². The molecule has 0 atom stereocenters. The molecule has 0 N–H and O–H groups in total. The normalized spacial score (nSPS) is 11.9. The Bertz CT molecular complexity index is 1350. The first-order valence-electron chi connectivity index (χ1n) is 10.3. The maximum atomic E-state index is 13.2. The Morgan fingerprint density at radius 3 is 2.35 bits per heavy atom. The fraction of sp³-hybridized carbons (Fsp3) is 0.200. The van der Waals surface area contributed by atoms with Crippen molar-refractivity contribution >= 4 is 16.7 Å². The Labute approximate surface area is 180 Å². The first-order chi connectivity index (χ1) is 15.0. The Morgan fingerprint density at radius 1 is 0.935 bits per heavy atom. The van der Waals surface area contributed by atoms with E-state index in [4.69, 9.17) is 0 Å². The van der Waals surface area contributed by atoms with Crippen molar-refractivity contribution in [2.75, 3.05) is 0 Å². The maximum absolute atomic E-state index is 13.2. The van der Waals surface area contributed by atoms with Crippen LogP contribution in [-0.4, -0.2) is 20.3 Å². The lowest BCUT2D eigenvalue weighted by Crippen LogP contribution is -2.28. The number of hydrogen-bond acceptors (Lipinski definition) is 3. The standard InChI is InChI=1S/C25H24N4O2/c1-18(2)16-29-25(31)21-13-7-6-12-20(21)23(27-29)24(30)26-22-14-8-9-15-28(22)17-19-10-4-3-5-11-19/h3-15,18H,16-17H2,1-2H3. The predicted molar refractivity (Wildman–Crippen MR) is 121 cm³/mol. The molecule has 0 unspecified atom stereocenters. The molecule has 6 nitrogen and oxygen atoms in total. The van der Waals surface area contributed by atoms with Crippen molar-refractivity contribution < 1.29 is 4.79 Å². The quantitative estimate of drug-likeness (QED) is 0.502. The minimum absolute atomic E-state index is 0.186. The Balaban J connectivity index is 1.82. The molecule has 1 amide bonds. The van der Waals surface area contributed by atoms with E-state index >= 15 is 0 Å². The highest BCUT2D eigenvalue weighted by atomic mass is 16.2. The smallest absolute Gasteiger partial charge is 0.300 e. The van der Waals surface area contributed by atoms with Gasteiger partial charge in [-0.15, -0.1) is 0 Å². The molecule has 6 heteroatoms. The molecule has 2 heterocycles. The van der Waals surface area contributed by atoms with Crippen molar-refractivity contribution in [1.29, 1.82) is 0 Å². The van der Waals surface area contributed by atoms with E-state index in [1.54, 1.807) is 30.3 Å². The summed E-state index contributed by atoms with van der Waals surface area (Å²) in [7, 11) is 0. The number of carbonyl (C=O) groups is 1. The van der Waals surface area contributed by atoms with E-state index in [9.17, 15) is 9.59 Å². The molecule has 2 aromatic carbocycles. The van der Waals surface area contributed by atoms with Crippen LogP contribution in [-0.2, 0) is 13.1 Å². The first-order valence-corrected chi connectivity index (χ1v) is 10.3. The zero-order valence-electron chi connectivity index (χ0n) is 17.6. The summed E-state index contributed by atoms with van der Waals surface area (Å²) in [5.41, 5.74) is 1.63. The number of amides is 1. The van der Waals surface area contributed by atoms with Crippen LogP contribution < -0.4 is 11.0 Å². The van der Waals surface area contributed by atoms with Crippen LogP contribution in [0.4, 0.5) is 0 Å². The van der Waals surface area contributed by atoms with Crippen molar-refractivity contribution in [3.05, 3.63) is 106 Å². The van der Waals surface area contributed by atoms with E-state index in [0.717, 1.165) is 5.56 Å². The molecule has 4 aromatic rings. The Kier molecular flexibility index (Phi) is 5.89. The van der Waals surface area contributed by atoms with E-state index < -0.39 is 5.91 Å². The van der Waals surface area contributed by atoms with Crippen LogP contribution in [0.2, 0.25) is 0 Å². The molecule has 0 aliphatic rings. The van der Waals surface area contributed by atoms with Gasteiger partial charge in [0.1, 0.15) is 5.49 Å². The summed E-state index contributed by atoms with van der Waals surface area (Å²) < 4.78 is 3.29. The Hall–Kier alpha value is -3.80. The predicted octanol–water partition coefficient (Wildman–Crippen LogP) is 3.64. The van der Waals surface area contributed by atoms with E-state index in [1.807, 2.05) is 67.1 Å². The average molecular weight is 412 g/mol. The number of carbonyl (C=O) groups excluding carboxylic acids is 1. The SMILES string of the molecule is CC(C)Cn1nc(C(=O)N=c2ccccn2Cc2ccccc2)c2ccccc2c1=O. The molecular weight excluding hydrogens is 388 g/mol. The summed E-state index contributed by atoms with van der Waals surface area (Å²) in [6.45, 7) is 5.04. The molecule has 0 aliphatic carbocycles. The topological polar surface area (TPSA) is 69.2 Å². The van der Waals surface area contributed by atoms with E-state index in [-0.39, 0.29) is 17.2 Å². The van der Waals surface area contributed by atoms with Gasteiger partial charge in [0, 0.05) is 24.7 Å². The monoisotopic (exact) mass is 412 g/mol. The second-order valence-electron chi connectivity index (χ2n) is 7.86. The second-order valence-corrected chi connectivity index (χ2v) is 7.86. The molecule has 0 aliphatic heterocycles. The molecule has 0 bridgehead atoms. The fourth-order valence-electron chi connectivity index (χ4n) is 3.50. The highest BCUT2D eigenvalue weighted by Gasteiger charge is 2.16. The van der Waals surface area contributed by atoms with Gasteiger partial charge < -0.3 is 4.57 Å². The number of fused-ring (bicyclic) bond motifs is 1. The third-order valence-corrected chi connectivity index (χ3v) is 4.94. The van der Waals surface area contributed by atoms with Gasteiger partial charge in [0.2, 0.25) is 0 Å². The van der Waals surface area contributed by atoms with E-state index in [0.29, 0.717) is 29.3 Å². The summed E-state index contributed by atoms with van der Waals surface area (Å²) in [4.78, 5) is 30.4.